The molecule has 2 aromatic rings. The second-order valence-electron chi connectivity index (χ2n) is 7.93. The van der Waals surface area contributed by atoms with Crippen molar-refractivity contribution in [3.05, 3.63) is 63.6 Å². The number of amides is 1. The lowest BCUT2D eigenvalue weighted by Crippen LogP contribution is -2.44. The molecule has 2 aromatic carbocycles. The Labute approximate surface area is 188 Å². The van der Waals surface area contributed by atoms with E-state index in [1.807, 2.05) is 24.3 Å². The van der Waals surface area contributed by atoms with Crippen LogP contribution < -0.4 is 5.32 Å². The smallest absolute Gasteiger partial charge is 0.228 e. The number of anilines is 1. The molecule has 5 nitrogen and oxygen atoms in total. The molecule has 1 aliphatic heterocycles. The molecule has 1 unspecified atom stereocenters. The Hall–Kier alpha value is -1.60. The first-order chi connectivity index (χ1) is 14.2. The van der Waals surface area contributed by atoms with Crippen LogP contribution in [0.1, 0.15) is 43.7 Å². The van der Waals surface area contributed by atoms with Gasteiger partial charge in [-0.3, -0.25) is 4.79 Å². The summed E-state index contributed by atoms with van der Waals surface area (Å²) in [6.07, 6.45) is 1.30. The van der Waals surface area contributed by atoms with E-state index in [0.717, 1.165) is 11.3 Å². The van der Waals surface area contributed by atoms with Crippen molar-refractivity contribution in [3.8, 4) is 0 Å². The molecule has 1 amide bonds. The molecule has 1 saturated heterocycles. The van der Waals surface area contributed by atoms with E-state index in [4.69, 9.17) is 23.2 Å². The van der Waals surface area contributed by atoms with Crippen LogP contribution in [0.25, 0.3) is 0 Å². The third-order valence-corrected chi connectivity index (χ3v) is 7.88. The number of carbonyl (C=O) groups is 1. The molecule has 0 saturated carbocycles. The summed E-state index contributed by atoms with van der Waals surface area (Å²) in [5, 5.41) is 3.71. The van der Waals surface area contributed by atoms with Gasteiger partial charge in [0, 0.05) is 18.8 Å². The van der Waals surface area contributed by atoms with Crippen LogP contribution in [0.2, 0.25) is 10.0 Å². The highest BCUT2D eigenvalue weighted by Crippen LogP contribution is 2.28. The number of hydrogen-bond donors (Lipinski definition) is 1. The van der Waals surface area contributed by atoms with Crippen molar-refractivity contribution in [1.82, 2.24) is 4.31 Å². The third kappa shape index (κ3) is 5.55. The molecule has 1 N–H and O–H groups in total. The number of halogens is 2. The van der Waals surface area contributed by atoms with Crippen LogP contribution in [-0.2, 0) is 20.6 Å². The average molecular weight is 469 g/mol. The van der Waals surface area contributed by atoms with Gasteiger partial charge in [-0.2, -0.15) is 0 Å². The van der Waals surface area contributed by atoms with E-state index in [-0.39, 0.29) is 30.0 Å². The normalized spacial score (nSPS) is 17.8. The van der Waals surface area contributed by atoms with Gasteiger partial charge in [0.2, 0.25) is 15.9 Å². The van der Waals surface area contributed by atoms with Gasteiger partial charge in [0.1, 0.15) is 0 Å². The van der Waals surface area contributed by atoms with Crippen LogP contribution in [0.15, 0.2) is 42.5 Å². The van der Waals surface area contributed by atoms with Crippen molar-refractivity contribution in [1.29, 1.82) is 0 Å². The lowest BCUT2D eigenvalue weighted by atomic mass is 9.97. The second-order valence-corrected chi connectivity index (χ2v) is 10.7. The van der Waals surface area contributed by atoms with Gasteiger partial charge < -0.3 is 5.32 Å². The van der Waals surface area contributed by atoms with Gasteiger partial charge >= 0.3 is 0 Å². The van der Waals surface area contributed by atoms with Gasteiger partial charge in [-0.05, 0) is 48.1 Å². The third-order valence-electron chi connectivity index (χ3n) is 5.32. The van der Waals surface area contributed by atoms with Gasteiger partial charge in [-0.1, -0.05) is 61.3 Å². The molecule has 1 aliphatic rings. The Morgan fingerprint density at radius 3 is 2.60 bits per heavy atom. The minimum atomic E-state index is -3.58. The zero-order valence-electron chi connectivity index (χ0n) is 17.1. The fourth-order valence-corrected chi connectivity index (χ4v) is 5.61. The van der Waals surface area contributed by atoms with Gasteiger partial charge in [0.15, 0.2) is 0 Å². The summed E-state index contributed by atoms with van der Waals surface area (Å²) in [7, 11) is -3.58. The first kappa shape index (κ1) is 23.1. The lowest BCUT2D eigenvalue weighted by Gasteiger charge is -2.31. The van der Waals surface area contributed by atoms with Crippen LogP contribution in [0.3, 0.4) is 0 Å². The maximum atomic E-state index is 12.9. The van der Waals surface area contributed by atoms with Gasteiger partial charge in [-0.25, -0.2) is 12.7 Å². The predicted molar refractivity (Wildman–Crippen MR) is 123 cm³/mol. The molecule has 0 spiro atoms. The summed E-state index contributed by atoms with van der Waals surface area (Å²) in [6.45, 7) is 4.74. The highest BCUT2D eigenvalue weighted by molar-refractivity contribution is 7.88. The minimum Gasteiger partial charge on any atom is -0.326 e. The molecule has 0 aromatic heterocycles. The summed E-state index contributed by atoms with van der Waals surface area (Å²) in [4.78, 5) is 12.9. The van der Waals surface area contributed by atoms with Crippen LogP contribution in [0.5, 0.6) is 0 Å². The number of hydrogen-bond acceptors (Lipinski definition) is 3. The standard InChI is InChI=1S/C22H26Cl2N2O3S/c1-15(2)18-7-3-4-8-21(18)25-22(27)17-6-5-11-26(13-17)30(28,29)14-16-9-10-19(23)20(24)12-16/h3-4,7-10,12,15,17H,5-6,11,13-14H2,1-2H3,(H,25,27). The molecular formula is C22H26Cl2N2O3S. The fourth-order valence-electron chi connectivity index (χ4n) is 3.69. The molecule has 1 heterocycles. The number of carbonyl (C=O) groups excluding carboxylic acids is 1. The summed E-state index contributed by atoms with van der Waals surface area (Å²) in [5.74, 6) is -0.426. The van der Waals surface area contributed by atoms with Crippen LogP contribution in [0, 0.1) is 5.92 Å². The van der Waals surface area contributed by atoms with Crippen molar-refractivity contribution in [2.75, 3.05) is 18.4 Å². The molecular weight excluding hydrogens is 443 g/mol. The van der Waals surface area contributed by atoms with E-state index in [9.17, 15) is 13.2 Å². The molecule has 0 bridgehead atoms. The van der Waals surface area contributed by atoms with Crippen molar-refractivity contribution < 1.29 is 13.2 Å². The summed E-state index contributed by atoms with van der Waals surface area (Å²) >= 11 is 11.9. The Kier molecular flexibility index (Phi) is 7.45. The monoisotopic (exact) mass is 468 g/mol. The summed E-state index contributed by atoms with van der Waals surface area (Å²) in [6, 6.07) is 12.5. The predicted octanol–water partition coefficient (Wildman–Crippen LogP) is 5.30. The largest absolute Gasteiger partial charge is 0.326 e. The van der Waals surface area contributed by atoms with Gasteiger partial charge in [0.05, 0.1) is 21.7 Å². The highest BCUT2D eigenvalue weighted by Gasteiger charge is 2.32. The van der Waals surface area contributed by atoms with Crippen molar-refractivity contribution in [3.63, 3.8) is 0 Å². The van der Waals surface area contributed by atoms with E-state index < -0.39 is 10.0 Å². The van der Waals surface area contributed by atoms with Gasteiger partial charge in [0.25, 0.3) is 0 Å². The Balaban J connectivity index is 1.70. The van der Waals surface area contributed by atoms with E-state index in [0.29, 0.717) is 35.0 Å². The number of sulfonamides is 1. The van der Waals surface area contributed by atoms with E-state index in [1.54, 1.807) is 18.2 Å². The second kappa shape index (κ2) is 9.69. The Morgan fingerprint density at radius 1 is 1.17 bits per heavy atom. The van der Waals surface area contributed by atoms with Crippen LogP contribution in [-0.4, -0.2) is 31.7 Å². The zero-order chi connectivity index (χ0) is 21.9. The molecule has 30 heavy (non-hydrogen) atoms. The summed E-state index contributed by atoms with van der Waals surface area (Å²) in [5.41, 5.74) is 2.42. The van der Waals surface area contributed by atoms with Crippen LogP contribution >= 0.6 is 23.2 Å². The lowest BCUT2D eigenvalue weighted by molar-refractivity contribution is -0.120. The number of nitrogens with zero attached hydrogens (tertiary/aromatic N) is 1. The van der Waals surface area contributed by atoms with Crippen molar-refractivity contribution in [2.24, 2.45) is 5.92 Å². The van der Waals surface area contributed by atoms with Crippen LogP contribution in [0.4, 0.5) is 5.69 Å². The van der Waals surface area contributed by atoms with Crippen molar-refractivity contribution >= 4 is 44.8 Å². The maximum absolute atomic E-state index is 12.9. The topological polar surface area (TPSA) is 66.5 Å². The first-order valence-corrected chi connectivity index (χ1v) is 12.4. The average Bonchev–Trinajstić information content (AvgIpc) is 2.71. The molecule has 162 valence electrons. The molecule has 1 atom stereocenters. The van der Waals surface area contributed by atoms with Gasteiger partial charge in [-0.15, -0.1) is 0 Å². The summed E-state index contributed by atoms with van der Waals surface area (Å²) < 4.78 is 27.3. The molecule has 1 fully saturated rings. The first-order valence-electron chi connectivity index (χ1n) is 9.99. The number of para-hydroxylation sites is 1. The Morgan fingerprint density at radius 2 is 1.90 bits per heavy atom. The number of piperidine rings is 1. The Bertz CT molecular complexity index is 1020. The molecule has 0 radical (unpaired) electrons. The number of rotatable bonds is 6. The fraction of sp³-hybridized carbons (Fsp3) is 0.409. The minimum absolute atomic E-state index is 0.141. The quantitative estimate of drug-likeness (QED) is 0.625. The maximum Gasteiger partial charge on any atom is 0.228 e. The zero-order valence-corrected chi connectivity index (χ0v) is 19.4. The number of nitrogens with one attached hydrogen (secondary N) is 1. The molecule has 0 aliphatic carbocycles. The SMILES string of the molecule is CC(C)c1ccccc1NC(=O)C1CCCN(S(=O)(=O)Cc2ccc(Cl)c(Cl)c2)C1. The molecule has 3 rings (SSSR count). The van der Waals surface area contributed by atoms with Crippen molar-refractivity contribution in [2.45, 2.75) is 38.4 Å². The highest BCUT2D eigenvalue weighted by atomic mass is 35.5. The van der Waals surface area contributed by atoms with E-state index in [2.05, 4.69) is 19.2 Å². The molecule has 8 heteroatoms. The number of benzene rings is 2. The van der Waals surface area contributed by atoms with E-state index in [1.165, 1.54) is 4.31 Å². The van der Waals surface area contributed by atoms with E-state index >= 15 is 0 Å².